The predicted molar refractivity (Wildman–Crippen MR) is 71.3 cm³/mol. The monoisotopic (exact) mass is 229 g/mol. The first-order chi connectivity index (χ1) is 8.07. The highest BCUT2D eigenvalue weighted by Gasteiger charge is 2.31. The van der Waals surface area contributed by atoms with Gasteiger partial charge >= 0.3 is 0 Å². The number of hydrogen-bond donors (Lipinski definition) is 1. The van der Waals surface area contributed by atoms with E-state index in [4.69, 9.17) is 5.10 Å². The molecule has 1 N–H and O–H groups in total. The molecule has 1 aliphatic rings. The second-order valence-corrected chi connectivity index (χ2v) is 5.91. The highest BCUT2D eigenvalue weighted by Crippen LogP contribution is 2.39. The van der Waals surface area contributed by atoms with Crippen molar-refractivity contribution in [2.75, 3.05) is 11.9 Å². The zero-order valence-corrected chi connectivity index (χ0v) is 10.7. The molecule has 3 nitrogen and oxygen atoms in total. The van der Waals surface area contributed by atoms with E-state index in [1.165, 1.54) is 11.2 Å². The van der Waals surface area contributed by atoms with Gasteiger partial charge in [0.2, 0.25) is 0 Å². The average Bonchev–Trinajstić information content (AvgIpc) is 2.65. The van der Waals surface area contributed by atoms with Crippen molar-refractivity contribution in [2.45, 2.75) is 33.2 Å². The van der Waals surface area contributed by atoms with Crippen LogP contribution in [0.3, 0.4) is 0 Å². The molecule has 2 aromatic rings. The van der Waals surface area contributed by atoms with E-state index in [9.17, 15) is 0 Å². The summed E-state index contributed by atoms with van der Waals surface area (Å²) in [5.41, 5.74) is 1.34. The van der Waals surface area contributed by atoms with Crippen LogP contribution in [0.15, 0.2) is 24.3 Å². The molecule has 0 saturated carbocycles. The van der Waals surface area contributed by atoms with Crippen LogP contribution in [-0.2, 0) is 0 Å². The molecule has 0 radical (unpaired) electrons. The van der Waals surface area contributed by atoms with E-state index in [1.54, 1.807) is 0 Å². The number of aromatic nitrogens is 2. The molecule has 0 aliphatic carbocycles. The van der Waals surface area contributed by atoms with Crippen LogP contribution in [0.1, 0.15) is 33.2 Å². The molecule has 0 fully saturated rings. The van der Waals surface area contributed by atoms with E-state index in [0.717, 1.165) is 18.5 Å². The molecular formula is C14H19N3. The largest absolute Gasteiger partial charge is 0.370 e. The Morgan fingerprint density at radius 1 is 1.29 bits per heavy atom. The van der Waals surface area contributed by atoms with Crippen LogP contribution < -0.4 is 5.32 Å². The fraction of sp³-hybridized carbons (Fsp3) is 0.500. The summed E-state index contributed by atoms with van der Waals surface area (Å²) >= 11 is 0. The zero-order valence-electron chi connectivity index (χ0n) is 10.7. The van der Waals surface area contributed by atoms with Crippen LogP contribution in [0.25, 0.3) is 10.9 Å². The van der Waals surface area contributed by atoms with Crippen molar-refractivity contribution in [1.82, 2.24) is 9.78 Å². The Labute approximate surface area is 102 Å². The number of hydrogen-bond acceptors (Lipinski definition) is 2. The summed E-state index contributed by atoms with van der Waals surface area (Å²) in [6.07, 6.45) is 1.14. The van der Waals surface area contributed by atoms with Gasteiger partial charge in [-0.15, -0.1) is 0 Å². The molecule has 0 spiro atoms. The van der Waals surface area contributed by atoms with E-state index in [-0.39, 0.29) is 5.41 Å². The summed E-state index contributed by atoms with van der Waals surface area (Å²) in [5, 5.41) is 9.48. The molecule has 2 heterocycles. The normalized spacial score (nSPS) is 20.1. The van der Waals surface area contributed by atoms with Gasteiger partial charge in [0.05, 0.1) is 11.6 Å². The van der Waals surface area contributed by atoms with E-state index in [2.05, 4.69) is 49.0 Å². The third-order valence-electron chi connectivity index (χ3n) is 3.61. The molecule has 1 aromatic heterocycles. The van der Waals surface area contributed by atoms with Crippen molar-refractivity contribution >= 4 is 16.7 Å². The molecule has 1 unspecified atom stereocenters. The first kappa shape index (κ1) is 10.6. The van der Waals surface area contributed by atoms with E-state index < -0.39 is 0 Å². The Hall–Kier alpha value is -1.51. The Balaban J connectivity index is 2.21. The van der Waals surface area contributed by atoms with Crippen LogP contribution in [0.5, 0.6) is 0 Å². The summed E-state index contributed by atoms with van der Waals surface area (Å²) in [6.45, 7) is 7.91. The maximum Gasteiger partial charge on any atom is 0.132 e. The number of anilines is 1. The topological polar surface area (TPSA) is 29.9 Å². The lowest BCUT2D eigenvalue weighted by Crippen LogP contribution is -2.32. The smallest absolute Gasteiger partial charge is 0.132 e. The van der Waals surface area contributed by atoms with Gasteiger partial charge in [-0.3, -0.25) is 0 Å². The summed E-state index contributed by atoms with van der Waals surface area (Å²) in [4.78, 5) is 0. The van der Waals surface area contributed by atoms with Crippen molar-refractivity contribution in [1.29, 1.82) is 0 Å². The van der Waals surface area contributed by atoms with Gasteiger partial charge in [-0.25, -0.2) is 4.68 Å². The molecule has 17 heavy (non-hydrogen) atoms. The lowest BCUT2D eigenvalue weighted by molar-refractivity contribution is 0.211. The van der Waals surface area contributed by atoms with E-state index in [0.29, 0.717) is 6.04 Å². The maximum absolute atomic E-state index is 4.76. The highest BCUT2D eigenvalue weighted by molar-refractivity contribution is 5.90. The summed E-state index contributed by atoms with van der Waals surface area (Å²) < 4.78 is 2.19. The van der Waals surface area contributed by atoms with Crippen LogP contribution in [0.2, 0.25) is 0 Å². The Morgan fingerprint density at radius 2 is 2.06 bits per heavy atom. The second kappa shape index (κ2) is 3.49. The van der Waals surface area contributed by atoms with Crippen LogP contribution in [0, 0.1) is 5.41 Å². The number of benzene rings is 1. The molecule has 0 saturated heterocycles. The van der Waals surface area contributed by atoms with Gasteiger partial charge in [-0.2, -0.15) is 5.10 Å². The molecule has 90 valence electrons. The Bertz CT molecular complexity index is 548. The van der Waals surface area contributed by atoms with E-state index in [1.807, 2.05) is 6.07 Å². The lowest BCUT2D eigenvalue weighted by atomic mass is 9.84. The highest BCUT2D eigenvalue weighted by atomic mass is 15.4. The van der Waals surface area contributed by atoms with Crippen molar-refractivity contribution in [3.05, 3.63) is 24.3 Å². The molecule has 3 rings (SSSR count). The third kappa shape index (κ3) is 1.61. The lowest BCUT2D eigenvalue weighted by Gasteiger charge is -2.35. The van der Waals surface area contributed by atoms with Gasteiger partial charge in [0.15, 0.2) is 0 Å². The summed E-state index contributed by atoms with van der Waals surface area (Å²) in [7, 11) is 0. The molecule has 0 amide bonds. The molecule has 1 aliphatic heterocycles. The van der Waals surface area contributed by atoms with Crippen molar-refractivity contribution in [2.24, 2.45) is 5.41 Å². The number of nitrogens with zero attached hydrogens (tertiary/aromatic N) is 2. The molecule has 1 atom stereocenters. The van der Waals surface area contributed by atoms with Crippen molar-refractivity contribution < 1.29 is 0 Å². The minimum absolute atomic E-state index is 0.249. The fourth-order valence-electron chi connectivity index (χ4n) is 2.70. The van der Waals surface area contributed by atoms with Crippen molar-refractivity contribution in [3.63, 3.8) is 0 Å². The van der Waals surface area contributed by atoms with Gasteiger partial charge in [0, 0.05) is 11.9 Å². The van der Waals surface area contributed by atoms with Crippen LogP contribution in [-0.4, -0.2) is 16.3 Å². The van der Waals surface area contributed by atoms with Crippen LogP contribution in [0.4, 0.5) is 5.82 Å². The molecule has 1 aromatic carbocycles. The molecular weight excluding hydrogens is 210 g/mol. The quantitative estimate of drug-likeness (QED) is 0.750. The first-order valence-corrected chi connectivity index (χ1v) is 6.28. The fourth-order valence-corrected chi connectivity index (χ4v) is 2.70. The Kier molecular flexibility index (Phi) is 2.18. The second-order valence-electron chi connectivity index (χ2n) is 5.91. The standard InChI is InChI=1S/C14H19N3/c1-14(2,3)12-8-9-15-13-10-6-4-5-7-11(10)16-17(12)13/h4-7,12,15H,8-9H2,1-3H3. The number of fused-ring (bicyclic) bond motifs is 3. The van der Waals surface area contributed by atoms with Gasteiger partial charge in [-0.1, -0.05) is 32.9 Å². The molecule has 0 bridgehead atoms. The van der Waals surface area contributed by atoms with Crippen LogP contribution >= 0.6 is 0 Å². The minimum atomic E-state index is 0.249. The SMILES string of the molecule is CC(C)(C)C1CCNc2c3ccccc3nn21. The first-order valence-electron chi connectivity index (χ1n) is 6.28. The van der Waals surface area contributed by atoms with Gasteiger partial charge in [0.25, 0.3) is 0 Å². The maximum atomic E-state index is 4.76. The third-order valence-corrected chi connectivity index (χ3v) is 3.61. The zero-order chi connectivity index (χ0) is 12.0. The average molecular weight is 229 g/mol. The van der Waals surface area contributed by atoms with Gasteiger partial charge in [0.1, 0.15) is 5.82 Å². The van der Waals surface area contributed by atoms with E-state index >= 15 is 0 Å². The van der Waals surface area contributed by atoms with Crippen molar-refractivity contribution in [3.8, 4) is 0 Å². The van der Waals surface area contributed by atoms with Gasteiger partial charge < -0.3 is 5.32 Å². The Morgan fingerprint density at radius 3 is 2.82 bits per heavy atom. The summed E-state index contributed by atoms with van der Waals surface area (Å²) in [5.74, 6) is 1.19. The number of nitrogens with one attached hydrogen (secondary N) is 1. The minimum Gasteiger partial charge on any atom is -0.370 e. The predicted octanol–water partition coefficient (Wildman–Crippen LogP) is 3.44. The van der Waals surface area contributed by atoms with Gasteiger partial charge in [-0.05, 0) is 24.0 Å². The number of rotatable bonds is 0. The summed E-state index contributed by atoms with van der Waals surface area (Å²) in [6, 6.07) is 8.83. The molecule has 3 heteroatoms.